The summed E-state index contributed by atoms with van der Waals surface area (Å²) in [4.78, 5) is 29.8. The summed E-state index contributed by atoms with van der Waals surface area (Å²) in [5, 5.41) is 4.96. The van der Waals surface area contributed by atoms with Gasteiger partial charge in [-0.25, -0.2) is 13.8 Å². The van der Waals surface area contributed by atoms with E-state index < -0.39 is 23.6 Å². The number of aryl methyl sites for hydroxylation is 1. The number of halogens is 2. The number of anilines is 2. The van der Waals surface area contributed by atoms with Crippen LogP contribution in [0.2, 0.25) is 0 Å². The number of nitrogens with one attached hydrogen (secondary N) is 2. The minimum absolute atomic E-state index is 0.0736. The molecule has 6 nitrogen and oxygen atoms in total. The van der Waals surface area contributed by atoms with Crippen molar-refractivity contribution in [2.45, 2.75) is 19.9 Å². The van der Waals surface area contributed by atoms with Crippen molar-refractivity contribution in [1.29, 1.82) is 0 Å². The minimum atomic E-state index is -0.742. The van der Waals surface area contributed by atoms with E-state index in [-0.39, 0.29) is 18.1 Å². The zero-order chi connectivity index (χ0) is 19.3. The highest BCUT2D eigenvalue weighted by Gasteiger charge is 2.21. The van der Waals surface area contributed by atoms with Crippen LogP contribution in [0.25, 0.3) is 0 Å². The van der Waals surface area contributed by atoms with Crippen LogP contribution in [-0.4, -0.2) is 41.3 Å². The SMILES string of the molecule is Cc1ccnc(NC(=O)CN(C)C(C)C(=O)Nc2cc(F)ccc2F)c1. The zero-order valence-corrected chi connectivity index (χ0v) is 14.7. The molecule has 2 amide bonds. The summed E-state index contributed by atoms with van der Waals surface area (Å²) in [6.45, 7) is 3.36. The van der Waals surface area contributed by atoms with Crippen molar-refractivity contribution in [1.82, 2.24) is 9.88 Å². The first-order chi connectivity index (χ1) is 12.3. The number of benzene rings is 1. The molecule has 1 heterocycles. The second-order valence-corrected chi connectivity index (χ2v) is 5.97. The highest BCUT2D eigenvalue weighted by Crippen LogP contribution is 2.16. The molecule has 0 saturated heterocycles. The minimum Gasteiger partial charge on any atom is -0.322 e. The summed E-state index contributed by atoms with van der Waals surface area (Å²) in [6, 6.07) is 5.58. The Kier molecular flexibility index (Phi) is 6.35. The third kappa shape index (κ3) is 5.32. The van der Waals surface area contributed by atoms with Crippen LogP contribution in [0.4, 0.5) is 20.3 Å². The quantitative estimate of drug-likeness (QED) is 0.828. The molecule has 2 aromatic rings. The Morgan fingerprint density at radius 3 is 2.62 bits per heavy atom. The van der Waals surface area contributed by atoms with Gasteiger partial charge in [-0.15, -0.1) is 0 Å². The standard InChI is InChI=1S/C18H20F2N4O2/c1-11-6-7-21-16(8-11)23-17(25)10-24(3)12(2)18(26)22-15-9-13(19)4-5-14(15)20/h4-9,12H,10H2,1-3H3,(H,22,26)(H,21,23,25). The van der Waals surface area contributed by atoms with E-state index in [4.69, 9.17) is 0 Å². The number of carbonyl (C=O) groups excluding carboxylic acids is 2. The maximum absolute atomic E-state index is 13.6. The number of pyridine rings is 1. The second-order valence-electron chi connectivity index (χ2n) is 5.97. The van der Waals surface area contributed by atoms with Gasteiger partial charge in [0.05, 0.1) is 18.3 Å². The van der Waals surface area contributed by atoms with Crippen molar-refractivity contribution in [3.05, 3.63) is 53.7 Å². The Balaban J connectivity index is 1.93. The average Bonchev–Trinajstić information content (AvgIpc) is 2.57. The molecule has 0 aliphatic heterocycles. The van der Waals surface area contributed by atoms with Crippen LogP contribution in [0.5, 0.6) is 0 Å². The van der Waals surface area contributed by atoms with Crippen molar-refractivity contribution in [3.63, 3.8) is 0 Å². The maximum atomic E-state index is 13.6. The highest BCUT2D eigenvalue weighted by atomic mass is 19.1. The Morgan fingerprint density at radius 1 is 1.19 bits per heavy atom. The van der Waals surface area contributed by atoms with Gasteiger partial charge in [0.25, 0.3) is 0 Å². The van der Waals surface area contributed by atoms with E-state index in [1.807, 2.05) is 6.92 Å². The van der Waals surface area contributed by atoms with Gasteiger partial charge in [-0.2, -0.15) is 0 Å². The van der Waals surface area contributed by atoms with Crippen molar-refractivity contribution >= 4 is 23.3 Å². The second kappa shape index (κ2) is 8.48. The van der Waals surface area contributed by atoms with Gasteiger partial charge in [0.2, 0.25) is 11.8 Å². The molecule has 1 aromatic heterocycles. The average molecular weight is 362 g/mol. The molecule has 1 atom stereocenters. The van der Waals surface area contributed by atoms with E-state index in [1.54, 1.807) is 32.3 Å². The normalized spacial score (nSPS) is 11.9. The van der Waals surface area contributed by atoms with Crippen LogP contribution in [-0.2, 0) is 9.59 Å². The first kappa shape index (κ1) is 19.5. The van der Waals surface area contributed by atoms with E-state index in [0.717, 1.165) is 23.8 Å². The molecule has 0 radical (unpaired) electrons. The molecule has 1 unspecified atom stereocenters. The van der Waals surface area contributed by atoms with Gasteiger partial charge in [-0.3, -0.25) is 14.5 Å². The van der Waals surface area contributed by atoms with Crippen molar-refractivity contribution in [2.24, 2.45) is 0 Å². The Labute approximate surface area is 150 Å². The smallest absolute Gasteiger partial charge is 0.241 e. The fraction of sp³-hybridized carbons (Fsp3) is 0.278. The molecule has 0 saturated carbocycles. The summed E-state index contributed by atoms with van der Waals surface area (Å²) >= 11 is 0. The summed E-state index contributed by atoms with van der Waals surface area (Å²) in [5.41, 5.74) is 0.706. The molecule has 0 bridgehead atoms. The predicted octanol–water partition coefficient (Wildman–Crippen LogP) is 2.57. The van der Waals surface area contributed by atoms with Crippen LogP contribution >= 0.6 is 0 Å². The molecule has 1 aromatic carbocycles. The number of amides is 2. The molecular formula is C18H20F2N4O2. The summed E-state index contributed by atoms with van der Waals surface area (Å²) in [7, 11) is 1.58. The maximum Gasteiger partial charge on any atom is 0.241 e. The van der Waals surface area contributed by atoms with Crippen molar-refractivity contribution in [3.8, 4) is 0 Å². The number of aromatic nitrogens is 1. The summed E-state index contributed by atoms with van der Waals surface area (Å²) in [6.07, 6.45) is 1.58. The number of rotatable bonds is 6. The fourth-order valence-corrected chi connectivity index (χ4v) is 2.18. The van der Waals surface area contributed by atoms with Gasteiger partial charge in [0, 0.05) is 12.3 Å². The number of hydrogen-bond acceptors (Lipinski definition) is 4. The lowest BCUT2D eigenvalue weighted by Gasteiger charge is -2.23. The van der Waals surface area contributed by atoms with Gasteiger partial charge < -0.3 is 10.6 Å². The summed E-state index contributed by atoms with van der Waals surface area (Å²) in [5.74, 6) is -1.88. The topological polar surface area (TPSA) is 74.3 Å². The number of likely N-dealkylation sites (N-methyl/N-ethyl adjacent to an activating group) is 1. The van der Waals surface area contributed by atoms with Gasteiger partial charge in [0.1, 0.15) is 17.5 Å². The molecule has 26 heavy (non-hydrogen) atoms. The molecule has 138 valence electrons. The molecule has 2 N–H and O–H groups in total. The zero-order valence-electron chi connectivity index (χ0n) is 14.7. The molecular weight excluding hydrogens is 342 g/mol. The highest BCUT2D eigenvalue weighted by molar-refractivity contribution is 5.96. The molecule has 8 heteroatoms. The van der Waals surface area contributed by atoms with E-state index in [2.05, 4.69) is 15.6 Å². The number of hydrogen-bond donors (Lipinski definition) is 2. The largest absolute Gasteiger partial charge is 0.322 e. The molecule has 0 aliphatic rings. The Morgan fingerprint density at radius 2 is 1.92 bits per heavy atom. The van der Waals surface area contributed by atoms with Crippen molar-refractivity contribution in [2.75, 3.05) is 24.2 Å². The van der Waals surface area contributed by atoms with Gasteiger partial charge >= 0.3 is 0 Å². The third-order valence-corrected chi connectivity index (χ3v) is 3.80. The Hall–Kier alpha value is -2.87. The lowest BCUT2D eigenvalue weighted by atomic mass is 10.2. The van der Waals surface area contributed by atoms with Gasteiger partial charge in [0.15, 0.2) is 0 Å². The van der Waals surface area contributed by atoms with Crippen LogP contribution in [0.3, 0.4) is 0 Å². The number of nitrogens with zero attached hydrogens (tertiary/aromatic N) is 2. The van der Waals surface area contributed by atoms with Gasteiger partial charge in [-0.05, 0) is 50.7 Å². The van der Waals surface area contributed by atoms with Gasteiger partial charge in [-0.1, -0.05) is 0 Å². The number of carbonyl (C=O) groups is 2. The summed E-state index contributed by atoms with van der Waals surface area (Å²) < 4.78 is 26.8. The first-order valence-electron chi connectivity index (χ1n) is 7.95. The van der Waals surface area contributed by atoms with Crippen LogP contribution in [0.15, 0.2) is 36.5 Å². The van der Waals surface area contributed by atoms with E-state index in [1.165, 1.54) is 4.90 Å². The molecule has 0 aliphatic carbocycles. The van der Waals surface area contributed by atoms with Crippen LogP contribution in [0.1, 0.15) is 12.5 Å². The van der Waals surface area contributed by atoms with E-state index >= 15 is 0 Å². The predicted molar refractivity (Wildman–Crippen MR) is 94.7 cm³/mol. The molecule has 0 spiro atoms. The monoisotopic (exact) mass is 362 g/mol. The van der Waals surface area contributed by atoms with Crippen LogP contribution < -0.4 is 10.6 Å². The lowest BCUT2D eigenvalue weighted by Crippen LogP contribution is -2.43. The third-order valence-electron chi connectivity index (χ3n) is 3.80. The molecule has 0 fully saturated rings. The fourth-order valence-electron chi connectivity index (χ4n) is 2.18. The Bertz CT molecular complexity index is 814. The first-order valence-corrected chi connectivity index (χ1v) is 7.95. The lowest BCUT2D eigenvalue weighted by molar-refractivity contribution is -0.122. The van der Waals surface area contributed by atoms with Crippen LogP contribution in [0, 0.1) is 18.6 Å². The van der Waals surface area contributed by atoms with Crippen molar-refractivity contribution < 1.29 is 18.4 Å². The van der Waals surface area contributed by atoms with E-state index in [0.29, 0.717) is 5.82 Å². The van der Waals surface area contributed by atoms with E-state index in [9.17, 15) is 18.4 Å². The molecule has 2 rings (SSSR count).